The lowest BCUT2D eigenvalue weighted by molar-refractivity contribution is 0.669. The summed E-state index contributed by atoms with van der Waals surface area (Å²) in [5, 5.41) is 6.71. The van der Waals surface area contributed by atoms with E-state index in [1.165, 1.54) is 16.5 Å². The van der Waals surface area contributed by atoms with Gasteiger partial charge >= 0.3 is 0 Å². The van der Waals surface area contributed by atoms with Gasteiger partial charge in [-0.2, -0.15) is 0 Å². The zero-order valence-electron chi connectivity index (χ0n) is 30.8. The maximum Gasteiger partial charge on any atom is 0.164 e. The molecule has 0 spiro atoms. The van der Waals surface area contributed by atoms with Crippen molar-refractivity contribution in [3.63, 3.8) is 0 Å². The highest BCUT2D eigenvalue weighted by Gasteiger charge is 2.19. The van der Waals surface area contributed by atoms with Gasteiger partial charge < -0.3 is 4.42 Å². The average molecular weight is 728 g/mol. The predicted molar refractivity (Wildman–Crippen MR) is 235 cm³/mol. The summed E-state index contributed by atoms with van der Waals surface area (Å²) >= 11 is 0. The summed E-state index contributed by atoms with van der Waals surface area (Å²) in [7, 11) is 0. The van der Waals surface area contributed by atoms with Crippen molar-refractivity contribution >= 4 is 43.5 Å². The van der Waals surface area contributed by atoms with Crippen LogP contribution < -0.4 is 0 Å². The van der Waals surface area contributed by atoms with Gasteiger partial charge in [-0.25, -0.2) is 15.0 Å². The number of hydrogen-bond donors (Lipinski definition) is 0. The summed E-state index contributed by atoms with van der Waals surface area (Å²) in [6.45, 7) is 0. The molecule has 0 N–H and O–H groups in total. The molecule has 0 atom stereocenters. The van der Waals surface area contributed by atoms with Crippen LogP contribution in [0, 0.1) is 0 Å². The van der Waals surface area contributed by atoms with Crippen molar-refractivity contribution in [1.29, 1.82) is 0 Å². The zero-order chi connectivity index (χ0) is 37.7. The van der Waals surface area contributed by atoms with Crippen LogP contribution in [0.1, 0.15) is 0 Å². The van der Waals surface area contributed by atoms with Gasteiger partial charge in [-0.3, -0.25) is 0 Å². The van der Waals surface area contributed by atoms with Gasteiger partial charge in [0.1, 0.15) is 11.2 Å². The van der Waals surface area contributed by atoms with E-state index in [9.17, 15) is 0 Å². The molecule has 2 heterocycles. The van der Waals surface area contributed by atoms with E-state index in [0.717, 1.165) is 77.0 Å². The number of nitrogens with zero attached hydrogens (tertiary/aromatic N) is 3. The van der Waals surface area contributed by atoms with Crippen molar-refractivity contribution in [2.45, 2.75) is 0 Å². The normalized spacial score (nSPS) is 11.5. The molecule has 4 nitrogen and oxygen atoms in total. The SMILES string of the molecule is c1ccc(-c2cccc(-c3nc(-c4ccc5c(c4)oc4cccc(-c6cccc(-c7ccccc7)c6)c45)nc(-c4cc5ccccc5c5ccccc45)n3)c2)cc1. The molecular formula is C53H33N3O. The number of hydrogen-bond acceptors (Lipinski definition) is 4. The Bertz CT molecular complexity index is 3300. The Hall–Kier alpha value is -7.69. The van der Waals surface area contributed by atoms with Crippen molar-refractivity contribution < 1.29 is 4.42 Å². The lowest BCUT2D eigenvalue weighted by Gasteiger charge is -2.13. The monoisotopic (exact) mass is 727 g/mol. The molecule has 0 radical (unpaired) electrons. The van der Waals surface area contributed by atoms with Gasteiger partial charge in [0, 0.05) is 27.5 Å². The molecule has 0 unspecified atom stereocenters. The minimum Gasteiger partial charge on any atom is -0.456 e. The summed E-state index contributed by atoms with van der Waals surface area (Å²) in [4.78, 5) is 15.6. The largest absolute Gasteiger partial charge is 0.456 e. The number of furan rings is 1. The molecule has 0 saturated carbocycles. The minimum atomic E-state index is 0.579. The molecule has 11 rings (SSSR count). The highest BCUT2D eigenvalue weighted by molar-refractivity contribution is 6.14. The molecule has 0 aliphatic heterocycles. The second kappa shape index (κ2) is 13.6. The zero-order valence-corrected chi connectivity index (χ0v) is 30.8. The summed E-state index contributed by atoms with van der Waals surface area (Å²) in [5.41, 5.74) is 11.2. The van der Waals surface area contributed by atoms with E-state index >= 15 is 0 Å². The Morgan fingerprint density at radius 2 is 0.825 bits per heavy atom. The molecule has 11 aromatic rings. The molecule has 2 aromatic heterocycles. The predicted octanol–water partition coefficient (Wildman–Crippen LogP) is 14.1. The summed E-state index contributed by atoms with van der Waals surface area (Å²) in [5.74, 6) is 1.80. The highest BCUT2D eigenvalue weighted by atomic mass is 16.3. The van der Waals surface area contributed by atoms with Crippen LogP contribution in [0.15, 0.2) is 205 Å². The number of aromatic nitrogens is 3. The molecule has 0 aliphatic carbocycles. The number of rotatable bonds is 6. The Balaban J connectivity index is 1.09. The Kier molecular flexibility index (Phi) is 7.78. The van der Waals surface area contributed by atoms with E-state index in [1.54, 1.807) is 0 Å². The fourth-order valence-electron chi connectivity index (χ4n) is 8.16. The van der Waals surface area contributed by atoms with Crippen molar-refractivity contribution in [3.05, 3.63) is 200 Å². The topological polar surface area (TPSA) is 51.8 Å². The molecule has 0 aliphatic rings. The Morgan fingerprint density at radius 3 is 1.56 bits per heavy atom. The fourth-order valence-corrected chi connectivity index (χ4v) is 8.16. The summed E-state index contributed by atoms with van der Waals surface area (Å²) in [6.07, 6.45) is 0. The van der Waals surface area contributed by atoms with Crippen LogP contribution in [0.25, 0.3) is 111 Å². The first-order valence-corrected chi connectivity index (χ1v) is 19.2. The van der Waals surface area contributed by atoms with E-state index in [2.05, 4.69) is 182 Å². The van der Waals surface area contributed by atoms with Crippen molar-refractivity contribution in [3.8, 4) is 67.5 Å². The third kappa shape index (κ3) is 5.83. The first kappa shape index (κ1) is 32.7. The van der Waals surface area contributed by atoms with Crippen LogP contribution >= 0.6 is 0 Å². The van der Waals surface area contributed by atoms with Crippen LogP contribution in [0.4, 0.5) is 0 Å². The standard InChI is InChI=1S/C53H33N3O/c1-3-14-34(15-4-1)36-19-11-21-38(30-36)43-26-13-27-48-50(43)46-29-28-41(33-49(46)57-48)52-54-51(40-22-12-20-37(31-40)35-16-5-2-6-17-35)55-53(56-52)47-32-39-18-7-8-23-42(39)44-24-9-10-25-45(44)47/h1-33H. The molecule has 0 amide bonds. The van der Waals surface area contributed by atoms with Crippen molar-refractivity contribution in [2.75, 3.05) is 0 Å². The second-order valence-corrected chi connectivity index (χ2v) is 14.4. The van der Waals surface area contributed by atoms with Gasteiger partial charge in [0.25, 0.3) is 0 Å². The Labute approximate surface area is 329 Å². The van der Waals surface area contributed by atoms with Crippen LogP contribution in [-0.4, -0.2) is 15.0 Å². The lowest BCUT2D eigenvalue weighted by Crippen LogP contribution is -2.01. The van der Waals surface area contributed by atoms with Crippen molar-refractivity contribution in [1.82, 2.24) is 15.0 Å². The van der Waals surface area contributed by atoms with Crippen LogP contribution in [0.2, 0.25) is 0 Å². The van der Waals surface area contributed by atoms with Crippen LogP contribution in [-0.2, 0) is 0 Å². The van der Waals surface area contributed by atoms with Crippen molar-refractivity contribution in [2.24, 2.45) is 0 Å². The molecule has 4 heteroatoms. The van der Waals surface area contributed by atoms with E-state index in [-0.39, 0.29) is 0 Å². The fraction of sp³-hybridized carbons (Fsp3) is 0. The molecular weight excluding hydrogens is 695 g/mol. The summed E-state index contributed by atoms with van der Waals surface area (Å²) in [6, 6.07) is 69.9. The van der Waals surface area contributed by atoms with E-state index in [4.69, 9.17) is 19.4 Å². The quantitative estimate of drug-likeness (QED) is 0.160. The van der Waals surface area contributed by atoms with E-state index < -0.39 is 0 Å². The Morgan fingerprint density at radius 1 is 0.281 bits per heavy atom. The van der Waals surface area contributed by atoms with E-state index in [1.807, 2.05) is 18.2 Å². The average Bonchev–Trinajstić information content (AvgIpc) is 3.68. The van der Waals surface area contributed by atoms with Gasteiger partial charge in [-0.05, 0) is 91.3 Å². The molecule has 0 fully saturated rings. The second-order valence-electron chi connectivity index (χ2n) is 14.4. The van der Waals surface area contributed by atoms with Crippen LogP contribution in [0.3, 0.4) is 0 Å². The maximum absolute atomic E-state index is 6.62. The van der Waals surface area contributed by atoms with Gasteiger partial charge in [0.05, 0.1) is 0 Å². The van der Waals surface area contributed by atoms with Gasteiger partial charge in [0.2, 0.25) is 0 Å². The minimum absolute atomic E-state index is 0.579. The third-order valence-corrected chi connectivity index (χ3v) is 10.9. The molecule has 9 aromatic carbocycles. The smallest absolute Gasteiger partial charge is 0.164 e. The van der Waals surface area contributed by atoms with Gasteiger partial charge in [0.15, 0.2) is 17.5 Å². The molecule has 57 heavy (non-hydrogen) atoms. The molecule has 266 valence electrons. The van der Waals surface area contributed by atoms with Gasteiger partial charge in [-0.1, -0.05) is 164 Å². The maximum atomic E-state index is 6.62. The van der Waals surface area contributed by atoms with Gasteiger partial charge in [-0.15, -0.1) is 0 Å². The number of benzene rings is 9. The highest BCUT2D eigenvalue weighted by Crippen LogP contribution is 2.40. The van der Waals surface area contributed by atoms with E-state index in [0.29, 0.717) is 17.5 Å². The first-order valence-electron chi connectivity index (χ1n) is 19.2. The lowest BCUT2D eigenvalue weighted by atomic mass is 9.95. The van der Waals surface area contributed by atoms with Crippen LogP contribution in [0.5, 0.6) is 0 Å². The molecule has 0 bridgehead atoms. The molecule has 0 saturated heterocycles. The summed E-state index contributed by atoms with van der Waals surface area (Å²) < 4.78 is 6.62. The number of fused-ring (bicyclic) bond motifs is 6. The first-order chi connectivity index (χ1) is 28.2. The third-order valence-electron chi connectivity index (χ3n) is 10.9.